The number of hydrogen-bond acceptors (Lipinski definition) is 5. The number of rotatable bonds is 3. The predicted molar refractivity (Wildman–Crippen MR) is 66.0 cm³/mol. The topological polar surface area (TPSA) is 119 Å². The molecule has 0 radical (unpaired) electrons. The van der Waals surface area contributed by atoms with Gasteiger partial charge in [-0.2, -0.15) is 5.26 Å². The van der Waals surface area contributed by atoms with Crippen molar-refractivity contribution < 1.29 is 4.79 Å². The summed E-state index contributed by atoms with van der Waals surface area (Å²) >= 11 is 0. The monoisotopic (exact) mass is 257 g/mol. The van der Waals surface area contributed by atoms with Gasteiger partial charge in [-0.1, -0.05) is 5.11 Å². The van der Waals surface area contributed by atoms with E-state index in [0.717, 1.165) is 0 Å². The SMILES string of the molecule is Cc1ncc(C#N)c(N2CC(CN=[N+]=[N-])CC2=O)n1. The normalized spacial score (nSPS) is 18.0. The predicted octanol–water partition coefficient (Wildman–Crippen LogP) is 1.32. The maximum Gasteiger partial charge on any atom is 0.228 e. The minimum Gasteiger partial charge on any atom is -0.295 e. The molecule has 8 nitrogen and oxygen atoms in total. The standard InChI is InChI=1S/C11H11N7O/c1-7-14-5-9(3-12)11(16-7)18-6-8(2-10(18)19)4-15-17-13/h5,8H,2,4,6H2,1H3. The molecule has 0 aromatic carbocycles. The number of azide groups is 1. The lowest BCUT2D eigenvalue weighted by molar-refractivity contribution is -0.117. The second-order valence-corrected chi connectivity index (χ2v) is 4.25. The average molecular weight is 257 g/mol. The van der Waals surface area contributed by atoms with Crippen LogP contribution in [0, 0.1) is 24.2 Å². The van der Waals surface area contributed by atoms with E-state index in [0.29, 0.717) is 24.6 Å². The average Bonchev–Trinajstić information content (AvgIpc) is 2.77. The Morgan fingerprint density at radius 3 is 3.21 bits per heavy atom. The lowest BCUT2D eigenvalue weighted by Crippen LogP contribution is -2.27. The molecular formula is C11H11N7O. The Balaban J connectivity index is 2.28. The van der Waals surface area contributed by atoms with Crippen LogP contribution in [-0.4, -0.2) is 29.0 Å². The van der Waals surface area contributed by atoms with Gasteiger partial charge in [0.1, 0.15) is 17.5 Å². The molecule has 0 bridgehead atoms. The van der Waals surface area contributed by atoms with Crippen LogP contribution in [-0.2, 0) is 4.79 Å². The summed E-state index contributed by atoms with van der Waals surface area (Å²) in [7, 11) is 0. The Morgan fingerprint density at radius 1 is 1.74 bits per heavy atom. The van der Waals surface area contributed by atoms with Crippen molar-refractivity contribution in [3.63, 3.8) is 0 Å². The zero-order valence-corrected chi connectivity index (χ0v) is 10.3. The highest BCUT2D eigenvalue weighted by Crippen LogP contribution is 2.26. The molecule has 1 aromatic rings. The van der Waals surface area contributed by atoms with Crippen molar-refractivity contribution in [2.75, 3.05) is 18.0 Å². The molecule has 1 aliphatic rings. The van der Waals surface area contributed by atoms with Gasteiger partial charge >= 0.3 is 0 Å². The first kappa shape index (κ1) is 12.8. The number of carbonyl (C=O) groups is 1. The van der Waals surface area contributed by atoms with E-state index in [1.54, 1.807) is 6.92 Å². The van der Waals surface area contributed by atoms with Gasteiger partial charge < -0.3 is 0 Å². The van der Waals surface area contributed by atoms with E-state index in [1.165, 1.54) is 11.1 Å². The molecule has 96 valence electrons. The summed E-state index contributed by atoms with van der Waals surface area (Å²) in [4.78, 5) is 24.2. The number of aryl methyl sites for hydroxylation is 1. The summed E-state index contributed by atoms with van der Waals surface area (Å²) < 4.78 is 0. The van der Waals surface area contributed by atoms with Crippen molar-refractivity contribution in [3.05, 3.63) is 28.0 Å². The molecule has 1 aliphatic heterocycles. The largest absolute Gasteiger partial charge is 0.295 e. The van der Waals surface area contributed by atoms with Crippen molar-refractivity contribution in [2.45, 2.75) is 13.3 Å². The minimum absolute atomic E-state index is 0.0368. The molecule has 0 saturated carbocycles. The number of carbonyl (C=O) groups excluding carboxylic acids is 1. The maximum absolute atomic E-state index is 11.9. The van der Waals surface area contributed by atoms with Crippen molar-refractivity contribution in [3.8, 4) is 6.07 Å². The Bertz CT molecular complexity index is 600. The quantitative estimate of drug-likeness (QED) is 0.460. The summed E-state index contributed by atoms with van der Waals surface area (Å²) in [5, 5.41) is 12.5. The highest BCUT2D eigenvalue weighted by atomic mass is 16.2. The fraction of sp³-hybridized carbons (Fsp3) is 0.455. The van der Waals surface area contributed by atoms with Gasteiger partial charge in [0.05, 0.1) is 6.20 Å². The molecule has 0 aliphatic carbocycles. The maximum atomic E-state index is 11.9. The van der Waals surface area contributed by atoms with E-state index in [2.05, 4.69) is 20.0 Å². The number of aromatic nitrogens is 2. The van der Waals surface area contributed by atoms with Crippen LogP contribution in [0.3, 0.4) is 0 Å². The van der Waals surface area contributed by atoms with Crippen LogP contribution in [0.5, 0.6) is 0 Å². The fourth-order valence-corrected chi connectivity index (χ4v) is 2.00. The van der Waals surface area contributed by atoms with Crippen LogP contribution < -0.4 is 4.90 Å². The summed E-state index contributed by atoms with van der Waals surface area (Å²) in [6.07, 6.45) is 1.71. The molecule has 2 heterocycles. The number of nitriles is 1. The third kappa shape index (κ3) is 2.61. The zero-order valence-electron chi connectivity index (χ0n) is 10.3. The third-order valence-electron chi connectivity index (χ3n) is 2.87. The number of hydrogen-bond donors (Lipinski definition) is 0. The second-order valence-electron chi connectivity index (χ2n) is 4.25. The summed E-state index contributed by atoms with van der Waals surface area (Å²) in [6, 6.07) is 1.98. The van der Waals surface area contributed by atoms with E-state index >= 15 is 0 Å². The van der Waals surface area contributed by atoms with E-state index in [1.807, 2.05) is 6.07 Å². The van der Waals surface area contributed by atoms with Crippen LogP contribution in [0.2, 0.25) is 0 Å². The third-order valence-corrected chi connectivity index (χ3v) is 2.87. The molecular weight excluding hydrogens is 246 g/mol. The molecule has 0 spiro atoms. The second kappa shape index (κ2) is 5.33. The number of amides is 1. The van der Waals surface area contributed by atoms with Crippen LogP contribution in [0.4, 0.5) is 5.82 Å². The van der Waals surface area contributed by atoms with Gasteiger partial charge in [-0.05, 0) is 18.4 Å². The van der Waals surface area contributed by atoms with Gasteiger partial charge in [0.15, 0.2) is 5.82 Å². The first-order valence-corrected chi connectivity index (χ1v) is 5.70. The van der Waals surface area contributed by atoms with Gasteiger partial charge in [0.25, 0.3) is 0 Å². The van der Waals surface area contributed by atoms with Gasteiger partial charge in [-0.15, -0.1) is 0 Å². The molecule has 1 amide bonds. The van der Waals surface area contributed by atoms with Crippen molar-refractivity contribution in [1.29, 1.82) is 5.26 Å². The molecule has 19 heavy (non-hydrogen) atoms. The van der Waals surface area contributed by atoms with Crippen LogP contribution >= 0.6 is 0 Å². The van der Waals surface area contributed by atoms with Gasteiger partial charge in [0.2, 0.25) is 5.91 Å². The number of anilines is 1. The summed E-state index contributed by atoms with van der Waals surface area (Å²) in [5.41, 5.74) is 8.56. The van der Waals surface area contributed by atoms with Crippen LogP contribution in [0.1, 0.15) is 17.8 Å². The van der Waals surface area contributed by atoms with Crippen LogP contribution in [0.25, 0.3) is 10.4 Å². The van der Waals surface area contributed by atoms with Crippen LogP contribution in [0.15, 0.2) is 11.3 Å². The molecule has 2 rings (SSSR count). The molecule has 8 heteroatoms. The van der Waals surface area contributed by atoms with Gasteiger partial charge in [-0.25, -0.2) is 9.97 Å². The van der Waals surface area contributed by atoms with E-state index in [9.17, 15) is 4.79 Å². The van der Waals surface area contributed by atoms with E-state index in [4.69, 9.17) is 10.8 Å². The number of nitrogens with zero attached hydrogens (tertiary/aromatic N) is 7. The first-order valence-electron chi connectivity index (χ1n) is 5.70. The highest BCUT2D eigenvalue weighted by molar-refractivity contribution is 5.95. The van der Waals surface area contributed by atoms with E-state index < -0.39 is 0 Å². The molecule has 1 atom stereocenters. The fourth-order valence-electron chi connectivity index (χ4n) is 2.00. The van der Waals surface area contributed by atoms with Crippen molar-refractivity contribution in [1.82, 2.24) is 9.97 Å². The van der Waals surface area contributed by atoms with Gasteiger partial charge in [-0.3, -0.25) is 9.69 Å². The molecule has 1 aromatic heterocycles. The molecule has 0 N–H and O–H groups in total. The zero-order chi connectivity index (χ0) is 13.8. The highest BCUT2D eigenvalue weighted by Gasteiger charge is 2.32. The minimum atomic E-state index is -0.118. The van der Waals surface area contributed by atoms with Crippen molar-refractivity contribution in [2.24, 2.45) is 11.0 Å². The van der Waals surface area contributed by atoms with Crippen molar-refractivity contribution >= 4 is 11.7 Å². The summed E-state index contributed by atoms with van der Waals surface area (Å²) in [6.45, 7) is 2.37. The van der Waals surface area contributed by atoms with E-state index in [-0.39, 0.29) is 23.9 Å². The lowest BCUT2D eigenvalue weighted by Gasteiger charge is -2.16. The molecule has 1 fully saturated rings. The smallest absolute Gasteiger partial charge is 0.228 e. The Kier molecular flexibility index (Phi) is 3.59. The molecule has 1 saturated heterocycles. The lowest BCUT2D eigenvalue weighted by atomic mass is 10.1. The summed E-state index contributed by atoms with van der Waals surface area (Å²) in [5.74, 6) is 0.682. The Morgan fingerprint density at radius 2 is 2.53 bits per heavy atom. The first-order chi connectivity index (χ1) is 9.15. The van der Waals surface area contributed by atoms with Gasteiger partial charge in [0, 0.05) is 24.4 Å². The Hall–Kier alpha value is -2.65. The Labute approximate surface area is 109 Å². The molecule has 1 unspecified atom stereocenters.